The predicted octanol–water partition coefficient (Wildman–Crippen LogP) is 2.09. The number of hydroxylamine groups is 2. The van der Waals surface area contributed by atoms with Crippen molar-refractivity contribution in [3.05, 3.63) is 12.2 Å². The Kier molecular flexibility index (Phi) is 4.54. The smallest absolute Gasteiger partial charge is 0.425 e. The first-order chi connectivity index (χ1) is 9.16. The average Bonchev–Trinajstić information content (AvgIpc) is 2.64. The zero-order chi connectivity index (χ0) is 13.7. The number of hydrogen-bond acceptors (Lipinski definition) is 5. The van der Waals surface area contributed by atoms with E-state index in [0.717, 1.165) is 32.1 Å². The molecule has 1 aliphatic heterocycles. The Balaban J connectivity index is 1.84. The van der Waals surface area contributed by atoms with Crippen LogP contribution in [-0.2, 0) is 19.2 Å². The van der Waals surface area contributed by atoms with Crippen molar-refractivity contribution in [3.63, 3.8) is 0 Å². The number of hydrogen-bond donors (Lipinski definition) is 0. The normalized spacial score (nSPS) is 25.7. The van der Waals surface area contributed by atoms with E-state index < -0.39 is 18.0 Å². The number of carbonyl (C=O) groups is 3. The van der Waals surface area contributed by atoms with Gasteiger partial charge in [0, 0.05) is 12.8 Å². The minimum Gasteiger partial charge on any atom is -0.425 e. The molecule has 19 heavy (non-hydrogen) atoms. The third-order valence-electron chi connectivity index (χ3n) is 3.13. The van der Waals surface area contributed by atoms with E-state index in [1.807, 2.05) is 12.2 Å². The van der Waals surface area contributed by atoms with Crippen LogP contribution in [0.2, 0.25) is 0 Å². The van der Waals surface area contributed by atoms with Gasteiger partial charge in [-0.05, 0) is 31.8 Å². The summed E-state index contributed by atoms with van der Waals surface area (Å²) < 4.78 is 5.09. The van der Waals surface area contributed by atoms with Gasteiger partial charge in [-0.25, -0.2) is 4.79 Å². The quantitative estimate of drug-likeness (QED) is 0.435. The molecule has 0 aromatic heterocycles. The molecule has 0 bridgehead atoms. The highest BCUT2D eigenvalue weighted by atomic mass is 16.8. The number of imide groups is 1. The summed E-state index contributed by atoms with van der Waals surface area (Å²) in [6.07, 6.45) is 7.53. The molecule has 0 aromatic rings. The zero-order valence-electron chi connectivity index (χ0n) is 10.7. The van der Waals surface area contributed by atoms with Crippen molar-refractivity contribution in [1.29, 1.82) is 0 Å². The molecular formula is C13H17NO5. The van der Waals surface area contributed by atoms with Crippen LogP contribution in [-0.4, -0.2) is 29.1 Å². The molecule has 1 heterocycles. The van der Waals surface area contributed by atoms with Crippen molar-refractivity contribution >= 4 is 18.0 Å². The summed E-state index contributed by atoms with van der Waals surface area (Å²) in [6, 6.07) is 0. The highest BCUT2D eigenvalue weighted by Crippen LogP contribution is 2.16. The second-order valence-electron chi connectivity index (χ2n) is 4.65. The molecule has 0 spiro atoms. The Hall–Kier alpha value is -1.85. The lowest BCUT2D eigenvalue weighted by atomic mass is 10.0. The van der Waals surface area contributed by atoms with Crippen molar-refractivity contribution in [1.82, 2.24) is 5.06 Å². The number of nitrogens with zero attached hydrogens (tertiary/aromatic N) is 1. The molecule has 1 saturated heterocycles. The molecule has 104 valence electrons. The van der Waals surface area contributed by atoms with Gasteiger partial charge in [-0.3, -0.25) is 14.4 Å². The predicted molar refractivity (Wildman–Crippen MR) is 64.7 cm³/mol. The molecule has 6 nitrogen and oxygen atoms in total. The zero-order valence-corrected chi connectivity index (χ0v) is 10.7. The van der Waals surface area contributed by atoms with Crippen molar-refractivity contribution < 1.29 is 24.0 Å². The van der Waals surface area contributed by atoms with E-state index in [-0.39, 0.29) is 18.9 Å². The van der Waals surface area contributed by atoms with Crippen LogP contribution >= 0.6 is 0 Å². The summed E-state index contributed by atoms with van der Waals surface area (Å²) in [5.74, 6) is -1.01. The second-order valence-corrected chi connectivity index (χ2v) is 4.65. The first kappa shape index (κ1) is 13.6. The second kappa shape index (κ2) is 6.36. The van der Waals surface area contributed by atoms with Gasteiger partial charge < -0.3 is 4.74 Å². The van der Waals surface area contributed by atoms with E-state index in [0.29, 0.717) is 5.06 Å². The van der Waals surface area contributed by atoms with Gasteiger partial charge in [-0.2, -0.15) is 0 Å². The van der Waals surface area contributed by atoms with Crippen LogP contribution in [0.1, 0.15) is 44.9 Å². The van der Waals surface area contributed by atoms with Gasteiger partial charge in [0.05, 0.1) is 0 Å². The fourth-order valence-electron chi connectivity index (χ4n) is 2.10. The lowest BCUT2D eigenvalue weighted by Crippen LogP contribution is -2.33. The van der Waals surface area contributed by atoms with Crippen LogP contribution < -0.4 is 0 Å². The topological polar surface area (TPSA) is 72.9 Å². The molecule has 0 saturated carbocycles. The van der Waals surface area contributed by atoms with Gasteiger partial charge in [-0.1, -0.05) is 17.6 Å². The highest BCUT2D eigenvalue weighted by Gasteiger charge is 2.33. The van der Waals surface area contributed by atoms with Crippen LogP contribution in [0.5, 0.6) is 0 Å². The van der Waals surface area contributed by atoms with Gasteiger partial charge in [0.1, 0.15) is 6.10 Å². The van der Waals surface area contributed by atoms with E-state index in [9.17, 15) is 14.4 Å². The number of rotatable bonds is 2. The Labute approximate surface area is 111 Å². The van der Waals surface area contributed by atoms with E-state index in [4.69, 9.17) is 4.74 Å². The molecular weight excluding hydrogens is 250 g/mol. The fourth-order valence-corrected chi connectivity index (χ4v) is 2.10. The summed E-state index contributed by atoms with van der Waals surface area (Å²) in [6.45, 7) is 0. The van der Waals surface area contributed by atoms with E-state index in [2.05, 4.69) is 4.84 Å². The minimum absolute atomic E-state index is 0.0788. The Morgan fingerprint density at radius 3 is 2.63 bits per heavy atom. The molecule has 1 aliphatic carbocycles. The molecule has 2 aliphatic rings. The van der Waals surface area contributed by atoms with E-state index >= 15 is 0 Å². The lowest BCUT2D eigenvalue weighted by molar-refractivity contribution is -0.178. The van der Waals surface area contributed by atoms with Crippen LogP contribution in [0.15, 0.2) is 12.2 Å². The largest absolute Gasteiger partial charge is 0.534 e. The summed E-state index contributed by atoms with van der Waals surface area (Å²) >= 11 is 0. The number of carbonyl (C=O) groups excluding carboxylic acids is 3. The lowest BCUT2D eigenvalue weighted by Gasteiger charge is -2.17. The highest BCUT2D eigenvalue weighted by molar-refractivity contribution is 6.01. The molecule has 1 fully saturated rings. The van der Waals surface area contributed by atoms with Crippen molar-refractivity contribution in [3.8, 4) is 0 Å². The van der Waals surface area contributed by atoms with Gasteiger partial charge in [0.2, 0.25) is 0 Å². The van der Waals surface area contributed by atoms with Crippen LogP contribution in [0.25, 0.3) is 0 Å². The van der Waals surface area contributed by atoms with Gasteiger partial charge in [-0.15, -0.1) is 0 Å². The molecule has 0 N–H and O–H groups in total. The monoisotopic (exact) mass is 267 g/mol. The van der Waals surface area contributed by atoms with Crippen LogP contribution in [0.3, 0.4) is 0 Å². The van der Waals surface area contributed by atoms with Crippen LogP contribution in [0, 0.1) is 0 Å². The molecule has 1 atom stereocenters. The third-order valence-corrected chi connectivity index (χ3v) is 3.13. The molecule has 0 unspecified atom stereocenters. The average molecular weight is 267 g/mol. The van der Waals surface area contributed by atoms with Crippen molar-refractivity contribution in [2.45, 2.75) is 51.0 Å². The maximum absolute atomic E-state index is 11.5. The van der Waals surface area contributed by atoms with E-state index in [1.165, 1.54) is 0 Å². The van der Waals surface area contributed by atoms with Gasteiger partial charge >= 0.3 is 6.16 Å². The Bertz CT molecular complexity index is 388. The third kappa shape index (κ3) is 3.81. The van der Waals surface area contributed by atoms with Crippen LogP contribution in [0.4, 0.5) is 4.79 Å². The Morgan fingerprint density at radius 2 is 1.89 bits per heavy atom. The van der Waals surface area contributed by atoms with Gasteiger partial charge in [0.15, 0.2) is 0 Å². The maximum Gasteiger partial charge on any atom is 0.534 e. The van der Waals surface area contributed by atoms with E-state index in [1.54, 1.807) is 0 Å². The van der Waals surface area contributed by atoms with Gasteiger partial charge in [0.25, 0.3) is 11.8 Å². The first-order valence-electron chi connectivity index (χ1n) is 6.58. The first-order valence-corrected chi connectivity index (χ1v) is 6.58. The van der Waals surface area contributed by atoms with Crippen molar-refractivity contribution in [2.24, 2.45) is 0 Å². The standard InChI is InChI=1S/C13H17NO5/c15-11-8-9-12(16)14(11)19-13(17)18-10-6-4-2-1-3-5-7-10/h4,6,10H,1-3,5,7-9H2/b6-4-/t10-/m0/s1. The SMILES string of the molecule is O=C(O[C@H]1/C=C\CCCCC1)ON1C(=O)CCC1=O. The molecule has 2 amide bonds. The minimum atomic E-state index is -1.00. The number of amides is 2. The fraction of sp³-hybridized carbons (Fsp3) is 0.615. The molecule has 0 aromatic carbocycles. The summed E-state index contributed by atoms with van der Waals surface area (Å²) in [5.41, 5.74) is 0. The number of allylic oxidation sites excluding steroid dienone is 1. The molecule has 2 rings (SSSR count). The van der Waals surface area contributed by atoms with Crippen molar-refractivity contribution in [2.75, 3.05) is 0 Å². The summed E-state index contributed by atoms with van der Waals surface area (Å²) in [7, 11) is 0. The molecule has 0 radical (unpaired) electrons. The Morgan fingerprint density at radius 1 is 1.16 bits per heavy atom. The maximum atomic E-state index is 11.5. The summed E-state index contributed by atoms with van der Waals surface area (Å²) in [5, 5.41) is 0.495. The summed E-state index contributed by atoms with van der Waals surface area (Å²) in [4.78, 5) is 38.7. The number of ether oxygens (including phenoxy) is 1. The molecule has 6 heteroatoms.